The maximum atomic E-state index is 14.7. The van der Waals surface area contributed by atoms with Crippen LogP contribution in [0.5, 0.6) is 0 Å². The number of benzene rings is 2. The summed E-state index contributed by atoms with van der Waals surface area (Å²) in [6, 6.07) is 10.1. The minimum absolute atomic E-state index is 0.0312. The topological polar surface area (TPSA) is 279 Å². The minimum atomic E-state index is -1.13. The van der Waals surface area contributed by atoms with Crippen molar-refractivity contribution in [1.82, 2.24) is 41.7 Å². The third-order valence-electron chi connectivity index (χ3n) is 15.2. The molecule has 0 saturated carbocycles. The first kappa shape index (κ1) is 64.2. The second-order valence-electron chi connectivity index (χ2n) is 22.9. The number of likely N-dealkylation sites (tertiary alicyclic amines) is 2. The Morgan fingerprint density at radius 3 is 1.65 bits per heavy atom. The van der Waals surface area contributed by atoms with Gasteiger partial charge in [0, 0.05) is 32.0 Å². The molecule has 2 saturated heterocycles. The van der Waals surface area contributed by atoms with Gasteiger partial charge >= 0.3 is 5.97 Å². The summed E-state index contributed by atoms with van der Waals surface area (Å²) < 4.78 is 0. The van der Waals surface area contributed by atoms with Gasteiger partial charge in [-0.05, 0) is 92.1 Å². The van der Waals surface area contributed by atoms with E-state index < -0.39 is 114 Å². The third kappa shape index (κ3) is 19.2. The molecule has 2 heterocycles. The number of amides is 8. The van der Waals surface area contributed by atoms with Crippen molar-refractivity contribution in [2.75, 3.05) is 13.1 Å². The highest BCUT2D eigenvalue weighted by Gasteiger charge is 2.45. The first-order valence-corrected chi connectivity index (χ1v) is 28.4. The standard InChI is InChI=1S/C59H91N9O10/c1-11-38(9)49(60)55(73)66-51(39(10)12-2)56(74)64-43(31-35(3)4)53(71)65-50(37(7)8)58(76)68-30-20-26-47(68)57(75)67-29-19-25-46(67)54(72)63-44(34-41-23-17-14-18-24-41)52(70)61-42(33-40-21-15-13-16-22-40)27-28-48(69)62-45(59(77)78)32-36(5)6/h13-18,21-24,35-39,42-47,49-51H,11-12,19-20,25-34,60H2,1-10H3,(H,61,70)(H,62,69)(H,63,72)(H,64,74)(H,65,71)(H,66,73)(H,77,78)/t38-,39-,42+,43-,44-,45-,46-,47-,49-,50-,51-/m0/s1. The van der Waals surface area contributed by atoms with Crippen LogP contribution in [0.25, 0.3) is 0 Å². The van der Waals surface area contributed by atoms with Gasteiger partial charge in [0.05, 0.1) is 6.04 Å². The fourth-order valence-electron chi connectivity index (χ4n) is 10.2. The van der Waals surface area contributed by atoms with Crippen molar-refractivity contribution in [3.05, 3.63) is 71.8 Å². The number of rotatable bonds is 30. The van der Waals surface area contributed by atoms with E-state index in [2.05, 4.69) is 31.9 Å². The van der Waals surface area contributed by atoms with Crippen LogP contribution in [0.1, 0.15) is 145 Å². The van der Waals surface area contributed by atoms with Crippen LogP contribution in [0.15, 0.2) is 60.7 Å². The summed E-state index contributed by atoms with van der Waals surface area (Å²) in [5.74, 6) is -5.91. The lowest BCUT2D eigenvalue weighted by Gasteiger charge is -2.35. The zero-order valence-electron chi connectivity index (χ0n) is 47.8. The Balaban J connectivity index is 1.52. The van der Waals surface area contributed by atoms with E-state index in [1.165, 1.54) is 9.80 Å². The summed E-state index contributed by atoms with van der Waals surface area (Å²) in [4.78, 5) is 128. The third-order valence-corrected chi connectivity index (χ3v) is 15.2. The molecule has 0 unspecified atom stereocenters. The van der Waals surface area contributed by atoms with Crippen molar-refractivity contribution < 1.29 is 48.3 Å². The monoisotopic (exact) mass is 1090 g/mol. The van der Waals surface area contributed by atoms with Crippen LogP contribution in [0.3, 0.4) is 0 Å². The molecule has 432 valence electrons. The van der Waals surface area contributed by atoms with E-state index >= 15 is 0 Å². The van der Waals surface area contributed by atoms with E-state index in [-0.39, 0.29) is 68.9 Å². The number of carboxylic acids is 1. The maximum Gasteiger partial charge on any atom is 0.326 e. The van der Waals surface area contributed by atoms with Crippen molar-refractivity contribution in [1.29, 1.82) is 0 Å². The minimum Gasteiger partial charge on any atom is -0.480 e. The molecule has 2 aliphatic heterocycles. The molecule has 19 nitrogen and oxygen atoms in total. The van der Waals surface area contributed by atoms with E-state index in [1.807, 2.05) is 116 Å². The maximum absolute atomic E-state index is 14.7. The van der Waals surface area contributed by atoms with Gasteiger partial charge in [0.1, 0.15) is 42.3 Å². The number of hydrogen-bond acceptors (Lipinski definition) is 10. The molecule has 0 spiro atoms. The van der Waals surface area contributed by atoms with E-state index in [0.29, 0.717) is 44.9 Å². The predicted octanol–water partition coefficient (Wildman–Crippen LogP) is 4.40. The van der Waals surface area contributed by atoms with Gasteiger partial charge in [-0.2, -0.15) is 0 Å². The molecule has 2 aromatic rings. The number of carbonyl (C=O) groups is 9. The van der Waals surface area contributed by atoms with Crippen molar-refractivity contribution >= 4 is 53.2 Å². The summed E-state index contributed by atoms with van der Waals surface area (Å²) in [5.41, 5.74) is 7.89. The van der Waals surface area contributed by atoms with Crippen LogP contribution in [0.2, 0.25) is 0 Å². The van der Waals surface area contributed by atoms with E-state index in [0.717, 1.165) is 11.1 Å². The quantitative estimate of drug-likeness (QED) is 0.0543. The second-order valence-corrected chi connectivity index (χ2v) is 22.9. The van der Waals surface area contributed by atoms with E-state index in [9.17, 15) is 48.3 Å². The van der Waals surface area contributed by atoms with Gasteiger partial charge in [0.15, 0.2) is 0 Å². The fourth-order valence-corrected chi connectivity index (χ4v) is 10.2. The normalized spacial score (nSPS) is 18.9. The number of nitrogens with two attached hydrogens (primary N) is 1. The lowest BCUT2D eigenvalue weighted by atomic mass is 9.94. The van der Waals surface area contributed by atoms with Crippen molar-refractivity contribution in [3.63, 3.8) is 0 Å². The Bertz CT molecular complexity index is 2320. The summed E-state index contributed by atoms with van der Waals surface area (Å²) in [7, 11) is 0. The predicted molar refractivity (Wildman–Crippen MR) is 299 cm³/mol. The van der Waals surface area contributed by atoms with Crippen LogP contribution in [0.4, 0.5) is 0 Å². The molecule has 0 aliphatic carbocycles. The lowest BCUT2D eigenvalue weighted by molar-refractivity contribution is -0.148. The largest absolute Gasteiger partial charge is 0.480 e. The molecule has 2 aromatic carbocycles. The van der Waals surface area contributed by atoms with Crippen molar-refractivity contribution in [3.8, 4) is 0 Å². The fraction of sp³-hybridized carbons (Fsp3) is 0.644. The molecule has 11 atom stereocenters. The molecule has 78 heavy (non-hydrogen) atoms. The average molecular weight is 1090 g/mol. The van der Waals surface area contributed by atoms with Crippen LogP contribution in [-0.4, -0.2) is 136 Å². The van der Waals surface area contributed by atoms with Gasteiger partial charge < -0.3 is 52.5 Å². The first-order chi connectivity index (χ1) is 36.9. The molecule has 0 aromatic heterocycles. The average Bonchev–Trinajstić information content (AvgIpc) is 4.14. The molecule has 2 aliphatic rings. The number of hydrogen-bond donors (Lipinski definition) is 8. The van der Waals surface area contributed by atoms with Crippen LogP contribution < -0.4 is 37.6 Å². The Morgan fingerprint density at radius 2 is 1.10 bits per heavy atom. The second kappa shape index (κ2) is 31.3. The van der Waals surface area contributed by atoms with E-state index in [4.69, 9.17) is 5.73 Å². The molecular weight excluding hydrogens is 995 g/mol. The summed E-state index contributed by atoms with van der Waals surface area (Å²) in [6.45, 7) is 19.2. The van der Waals surface area contributed by atoms with Gasteiger partial charge in [0.2, 0.25) is 47.3 Å². The molecule has 19 heteroatoms. The molecule has 0 bridgehead atoms. The molecular formula is C59H91N9O10. The van der Waals surface area contributed by atoms with Crippen LogP contribution in [0, 0.1) is 29.6 Å². The van der Waals surface area contributed by atoms with Gasteiger partial charge in [-0.1, -0.05) is 143 Å². The molecule has 0 radical (unpaired) electrons. The van der Waals surface area contributed by atoms with Gasteiger partial charge in [-0.25, -0.2) is 4.79 Å². The van der Waals surface area contributed by atoms with Crippen LogP contribution in [-0.2, 0) is 56.0 Å². The first-order valence-electron chi connectivity index (χ1n) is 28.4. The number of aliphatic carboxylic acids is 1. The zero-order chi connectivity index (χ0) is 57.8. The molecule has 8 amide bonds. The van der Waals surface area contributed by atoms with E-state index in [1.54, 1.807) is 13.8 Å². The van der Waals surface area contributed by atoms with Crippen LogP contribution >= 0.6 is 0 Å². The molecule has 4 rings (SSSR count). The van der Waals surface area contributed by atoms with Crippen molar-refractivity contribution in [2.24, 2.45) is 35.3 Å². The summed E-state index contributed by atoms with van der Waals surface area (Å²) in [6.07, 6.45) is 3.97. The van der Waals surface area contributed by atoms with Crippen molar-refractivity contribution in [2.45, 2.75) is 201 Å². The van der Waals surface area contributed by atoms with Gasteiger partial charge in [-0.3, -0.25) is 38.4 Å². The Kier molecular flexibility index (Phi) is 25.7. The highest BCUT2D eigenvalue weighted by Crippen LogP contribution is 2.27. The molecule has 9 N–H and O–H groups in total. The SMILES string of the molecule is CC[C@H](C)[C@H](N)C(=O)N[C@H](C(=O)N[C@@H](CC(C)C)C(=O)N[C@H](C(=O)N1CCC[C@H]1C(=O)N1CCC[C@H]1C(=O)N[C@@H](Cc1ccccc1)C(=O)N[C@H](CCC(=O)N[C@@H](CC(C)C)C(=O)O)Cc1ccccc1)C(C)C)[C@@H](C)CC. The summed E-state index contributed by atoms with van der Waals surface area (Å²) >= 11 is 0. The number of nitrogens with zero attached hydrogens (tertiary/aromatic N) is 2. The zero-order valence-corrected chi connectivity index (χ0v) is 47.8. The molecule has 2 fully saturated rings. The Morgan fingerprint density at radius 1 is 0.577 bits per heavy atom. The number of nitrogens with one attached hydrogen (secondary N) is 6. The Hall–Kier alpha value is -6.37. The highest BCUT2D eigenvalue weighted by molar-refractivity contribution is 5.98. The summed E-state index contributed by atoms with van der Waals surface area (Å²) in [5, 5.41) is 27.0. The number of carboxylic acid groups (broad SMARTS) is 1. The smallest absolute Gasteiger partial charge is 0.326 e. The Labute approximate surface area is 462 Å². The van der Waals surface area contributed by atoms with Gasteiger partial charge in [-0.15, -0.1) is 0 Å². The number of carbonyl (C=O) groups excluding carboxylic acids is 8. The lowest BCUT2D eigenvalue weighted by Crippen LogP contribution is -2.61. The van der Waals surface area contributed by atoms with Gasteiger partial charge in [0.25, 0.3) is 0 Å². The highest BCUT2D eigenvalue weighted by atomic mass is 16.4.